The molecule has 0 amide bonds. The average molecular weight is 298 g/mol. The van der Waals surface area contributed by atoms with Crippen molar-refractivity contribution in [1.82, 2.24) is 5.32 Å². The van der Waals surface area contributed by atoms with Gasteiger partial charge in [0.25, 0.3) is 0 Å². The second-order valence-corrected chi connectivity index (χ2v) is 6.04. The van der Waals surface area contributed by atoms with Crippen molar-refractivity contribution in [2.75, 3.05) is 14.2 Å². The zero-order valence-electron chi connectivity index (χ0n) is 12.8. The molecule has 1 heterocycles. The van der Waals surface area contributed by atoms with Crippen LogP contribution in [0, 0.1) is 11.8 Å². The maximum absolute atomic E-state index is 6.43. The van der Waals surface area contributed by atoms with E-state index in [0.29, 0.717) is 11.8 Å². The van der Waals surface area contributed by atoms with Crippen molar-refractivity contribution in [2.24, 2.45) is 11.8 Å². The van der Waals surface area contributed by atoms with Gasteiger partial charge in [0.2, 0.25) is 0 Å². The van der Waals surface area contributed by atoms with Gasteiger partial charge in [-0.25, -0.2) is 0 Å². The molecule has 0 radical (unpaired) electrons. The van der Waals surface area contributed by atoms with E-state index in [2.05, 4.69) is 26.1 Å². The van der Waals surface area contributed by atoms with Gasteiger partial charge in [-0.15, -0.1) is 0 Å². The van der Waals surface area contributed by atoms with E-state index in [1.165, 1.54) is 0 Å². The lowest BCUT2D eigenvalue weighted by molar-refractivity contribution is 0.0478. The molecule has 2 rings (SSSR count). The molecule has 1 aromatic rings. The quantitative estimate of drug-likeness (QED) is 0.920. The predicted molar refractivity (Wildman–Crippen MR) is 82.5 cm³/mol. The highest BCUT2D eigenvalue weighted by Crippen LogP contribution is 2.42. The van der Waals surface area contributed by atoms with Crippen LogP contribution in [0.2, 0.25) is 5.02 Å². The number of benzene rings is 1. The van der Waals surface area contributed by atoms with Crippen LogP contribution in [0.15, 0.2) is 18.2 Å². The number of halogens is 1. The van der Waals surface area contributed by atoms with Crippen molar-refractivity contribution in [3.63, 3.8) is 0 Å². The second kappa shape index (κ2) is 6.33. The number of hydrogen-bond acceptors (Lipinski definition) is 3. The summed E-state index contributed by atoms with van der Waals surface area (Å²) in [6.45, 7) is 6.54. The fourth-order valence-electron chi connectivity index (χ4n) is 3.31. The Balaban J connectivity index is 2.33. The Kier molecular flexibility index (Phi) is 4.95. The summed E-state index contributed by atoms with van der Waals surface area (Å²) in [6.07, 6.45) is 0.499. The molecule has 1 aromatic carbocycles. The van der Waals surface area contributed by atoms with E-state index in [-0.39, 0.29) is 18.2 Å². The number of rotatable bonds is 4. The topological polar surface area (TPSA) is 30.5 Å². The summed E-state index contributed by atoms with van der Waals surface area (Å²) < 4.78 is 11.2. The molecular weight excluding hydrogens is 274 g/mol. The molecule has 0 bridgehead atoms. The molecule has 0 spiro atoms. The number of methoxy groups -OCH3 is 1. The van der Waals surface area contributed by atoms with Crippen LogP contribution < -0.4 is 10.1 Å². The minimum absolute atomic E-state index is 0.184. The molecule has 5 unspecified atom stereocenters. The lowest BCUT2D eigenvalue weighted by Crippen LogP contribution is -2.33. The first kappa shape index (κ1) is 15.6. The van der Waals surface area contributed by atoms with Crippen molar-refractivity contribution in [3.8, 4) is 5.75 Å². The van der Waals surface area contributed by atoms with Gasteiger partial charge in [0, 0.05) is 17.0 Å². The molecule has 1 N–H and O–H groups in total. The summed E-state index contributed by atoms with van der Waals surface area (Å²) in [5.41, 5.74) is 1.11. The van der Waals surface area contributed by atoms with Crippen LogP contribution >= 0.6 is 11.6 Å². The van der Waals surface area contributed by atoms with Crippen molar-refractivity contribution in [1.29, 1.82) is 0 Å². The molecular formula is C16H24ClNO2. The van der Waals surface area contributed by atoms with Gasteiger partial charge in [-0.05, 0) is 44.5 Å². The molecule has 20 heavy (non-hydrogen) atoms. The van der Waals surface area contributed by atoms with Crippen LogP contribution in [0.4, 0.5) is 0 Å². The van der Waals surface area contributed by atoms with Gasteiger partial charge in [0.05, 0.1) is 19.3 Å². The number of nitrogens with one attached hydrogen (secondary N) is 1. The lowest BCUT2D eigenvalue weighted by Gasteiger charge is -2.29. The molecule has 1 fully saturated rings. The molecule has 4 heteroatoms. The normalized spacial score (nSPS) is 31.3. The summed E-state index contributed by atoms with van der Waals surface area (Å²) >= 11 is 6.43. The van der Waals surface area contributed by atoms with Crippen molar-refractivity contribution >= 4 is 11.6 Å². The van der Waals surface area contributed by atoms with Gasteiger partial charge in [-0.1, -0.05) is 24.6 Å². The zero-order valence-corrected chi connectivity index (χ0v) is 13.6. The molecule has 112 valence electrons. The van der Waals surface area contributed by atoms with Gasteiger partial charge in [0.1, 0.15) is 5.75 Å². The maximum atomic E-state index is 6.43. The van der Waals surface area contributed by atoms with Gasteiger partial charge >= 0.3 is 0 Å². The Hall–Kier alpha value is -0.770. The van der Waals surface area contributed by atoms with E-state index < -0.39 is 0 Å². The Morgan fingerprint density at radius 1 is 1.25 bits per heavy atom. The molecule has 1 aliphatic rings. The minimum Gasteiger partial charge on any atom is -0.497 e. The van der Waals surface area contributed by atoms with Crippen LogP contribution in [0.5, 0.6) is 5.75 Å². The fourth-order valence-corrected chi connectivity index (χ4v) is 3.60. The Bertz CT molecular complexity index is 466. The van der Waals surface area contributed by atoms with Crippen LogP contribution in [0.3, 0.4) is 0 Å². The van der Waals surface area contributed by atoms with Crippen molar-refractivity contribution in [3.05, 3.63) is 28.8 Å². The first-order chi connectivity index (χ1) is 9.49. The van der Waals surface area contributed by atoms with E-state index in [1.807, 2.05) is 25.2 Å². The Labute approximate surface area is 126 Å². The fraction of sp³-hybridized carbons (Fsp3) is 0.625. The van der Waals surface area contributed by atoms with Crippen LogP contribution in [0.25, 0.3) is 0 Å². The van der Waals surface area contributed by atoms with Gasteiger partial charge in [-0.2, -0.15) is 0 Å². The minimum atomic E-state index is 0.184. The van der Waals surface area contributed by atoms with E-state index in [0.717, 1.165) is 16.3 Å². The smallest absolute Gasteiger partial charge is 0.120 e. The van der Waals surface area contributed by atoms with E-state index in [4.69, 9.17) is 21.1 Å². The van der Waals surface area contributed by atoms with Gasteiger partial charge in [0.15, 0.2) is 0 Å². The highest BCUT2D eigenvalue weighted by molar-refractivity contribution is 6.31. The highest BCUT2D eigenvalue weighted by atomic mass is 35.5. The van der Waals surface area contributed by atoms with Crippen LogP contribution in [0.1, 0.15) is 32.4 Å². The molecule has 5 atom stereocenters. The maximum Gasteiger partial charge on any atom is 0.120 e. The summed E-state index contributed by atoms with van der Waals surface area (Å²) in [6, 6.07) is 6.06. The number of ether oxygens (including phenoxy) is 2. The largest absolute Gasteiger partial charge is 0.497 e. The monoisotopic (exact) mass is 297 g/mol. The lowest BCUT2D eigenvalue weighted by atomic mass is 9.80. The number of hydrogen-bond donors (Lipinski definition) is 1. The van der Waals surface area contributed by atoms with Gasteiger partial charge < -0.3 is 14.8 Å². The molecule has 0 aliphatic carbocycles. The third-order valence-electron chi connectivity index (χ3n) is 4.56. The van der Waals surface area contributed by atoms with Crippen LogP contribution in [-0.2, 0) is 4.74 Å². The molecule has 3 nitrogen and oxygen atoms in total. The second-order valence-electron chi connectivity index (χ2n) is 5.64. The first-order valence-electron chi connectivity index (χ1n) is 7.15. The Morgan fingerprint density at radius 2 is 1.95 bits per heavy atom. The Morgan fingerprint density at radius 3 is 2.40 bits per heavy atom. The standard InChI is InChI=1S/C16H24ClNO2/c1-9-10(2)20-11(3)15(9)16(18-4)13-7-6-12(19-5)8-14(13)17/h6-11,15-16,18H,1-5H3. The SMILES string of the molecule is CNC(c1ccc(OC)cc1Cl)C1C(C)OC(C)C1C. The summed E-state index contributed by atoms with van der Waals surface area (Å²) in [5.74, 6) is 1.67. The highest BCUT2D eigenvalue weighted by Gasteiger charge is 2.42. The predicted octanol–water partition coefficient (Wildman–Crippen LogP) is 3.67. The van der Waals surface area contributed by atoms with E-state index in [1.54, 1.807) is 7.11 Å². The van der Waals surface area contributed by atoms with E-state index in [9.17, 15) is 0 Å². The third-order valence-corrected chi connectivity index (χ3v) is 4.88. The third kappa shape index (κ3) is 2.80. The van der Waals surface area contributed by atoms with Crippen LogP contribution in [-0.4, -0.2) is 26.4 Å². The average Bonchev–Trinajstić information content (AvgIpc) is 2.67. The summed E-state index contributed by atoms with van der Waals surface area (Å²) in [5, 5.41) is 4.15. The van der Waals surface area contributed by atoms with E-state index >= 15 is 0 Å². The summed E-state index contributed by atoms with van der Waals surface area (Å²) in [7, 11) is 3.63. The van der Waals surface area contributed by atoms with Gasteiger partial charge in [-0.3, -0.25) is 0 Å². The zero-order chi connectivity index (χ0) is 14.9. The molecule has 1 saturated heterocycles. The summed E-state index contributed by atoms with van der Waals surface area (Å²) in [4.78, 5) is 0. The first-order valence-corrected chi connectivity index (χ1v) is 7.53. The molecule has 0 aromatic heterocycles. The molecule has 0 saturated carbocycles. The van der Waals surface area contributed by atoms with Crippen molar-refractivity contribution in [2.45, 2.75) is 39.0 Å². The van der Waals surface area contributed by atoms with Crippen molar-refractivity contribution < 1.29 is 9.47 Å². The molecule has 1 aliphatic heterocycles.